The number of allylic oxidation sites excluding steroid dienone is 2. The molecule has 32 heavy (non-hydrogen) atoms. The molecule has 0 bridgehead atoms. The standard InChI is InChI=1S/C30H40N2/c1-5-8-11-14-25-15-12-16-27(22-25)30-28(17-10-7-3)23(4)29(32(30)31)26-20-18-24(19-21-26)13-9-6-2/h12,15-16,18-22H,5-11,13-14,17H2,1-4H3. The van der Waals surface area contributed by atoms with E-state index < -0.39 is 0 Å². The SMILES string of the molecule is CCCCCc1cccc(C2=C(CCCC)C(C)=C(c3ccc(CCCC)cc3)[N+]2=[N-])c1. The summed E-state index contributed by atoms with van der Waals surface area (Å²) in [5, 5.41) is 0. The number of unbranched alkanes of at least 4 members (excludes halogenated alkanes) is 4. The number of aryl methyl sites for hydroxylation is 2. The van der Waals surface area contributed by atoms with Crippen molar-refractivity contribution >= 4 is 11.4 Å². The first-order chi connectivity index (χ1) is 15.6. The minimum Gasteiger partial charge on any atom is -0.493 e. The normalized spacial score (nSPS) is 14.1. The summed E-state index contributed by atoms with van der Waals surface area (Å²) in [7, 11) is 0. The van der Waals surface area contributed by atoms with Gasteiger partial charge in [0.25, 0.3) is 0 Å². The van der Waals surface area contributed by atoms with Gasteiger partial charge in [0, 0.05) is 22.3 Å². The third kappa shape index (κ3) is 5.65. The largest absolute Gasteiger partial charge is 0.493 e. The van der Waals surface area contributed by atoms with Gasteiger partial charge in [-0.3, -0.25) is 0 Å². The Bertz CT molecular complexity index is 976. The summed E-state index contributed by atoms with van der Waals surface area (Å²) in [5.41, 5.74) is 20.8. The highest BCUT2D eigenvalue weighted by Crippen LogP contribution is 2.42. The van der Waals surface area contributed by atoms with Gasteiger partial charge < -0.3 is 5.53 Å². The molecular formula is C30H40N2. The molecular weight excluding hydrogens is 388 g/mol. The molecule has 0 fully saturated rings. The van der Waals surface area contributed by atoms with Crippen LogP contribution in [0, 0.1) is 0 Å². The first-order valence-electron chi connectivity index (χ1n) is 12.7. The molecule has 0 spiro atoms. The second kappa shape index (κ2) is 11.9. The van der Waals surface area contributed by atoms with E-state index >= 15 is 0 Å². The Balaban J connectivity index is 1.93. The fourth-order valence-corrected chi connectivity index (χ4v) is 4.68. The van der Waals surface area contributed by atoms with E-state index in [2.05, 4.69) is 76.2 Å². The van der Waals surface area contributed by atoms with Crippen LogP contribution in [0.2, 0.25) is 0 Å². The zero-order valence-corrected chi connectivity index (χ0v) is 20.6. The molecule has 2 nitrogen and oxygen atoms in total. The van der Waals surface area contributed by atoms with Crippen molar-refractivity contribution in [2.45, 2.75) is 91.9 Å². The Morgan fingerprint density at radius 3 is 2.00 bits per heavy atom. The molecule has 0 atom stereocenters. The van der Waals surface area contributed by atoms with Gasteiger partial charge in [-0.05, 0) is 80.8 Å². The molecule has 0 aromatic heterocycles. The molecule has 2 heteroatoms. The van der Waals surface area contributed by atoms with Crippen molar-refractivity contribution in [3.05, 3.63) is 87.5 Å². The van der Waals surface area contributed by atoms with Crippen molar-refractivity contribution in [1.82, 2.24) is 0 Å². The zero-order valence-electron chi connectivity index (χ0n) is 20.6. The molecule has 2 aromatic rings. The maximum absolute atomic E-state index is 11.4. The molecule has 1 aliphatic heterocycles. The average Bonchev–Trinajstić information content (AvgIpc) is 3.06. The summed E-state index contributed by atoms with van der Waals surface area (Å²) in [6.45, 7) is 8.88. The second-order valence-corrected chi connectivity index (χ2v) is 9.17. The summed E-state index contributed by atoms with van der Waals surface area (Å²) in [5.74, 6) is 0. The molecule has 0 amide bonds. The lowest BCUT2D eigenvalue weighted by molar-refractivity contribution is -0.345. The molecule has 0 N–H and O–H groups in total. The zero-order chi connectivity index (χ0) is 22.9. The van der Waals surface area contributed by atoms with Gasteiger partial charge in [-0.25, -0.2) is 4.70 Å². The van der Waals surface area contributed by atoms with E-state index in [-0.39, 0.29) is 0 Å². The van der Waals surface area contributed by atoms with Gasteiger partial charge in [0.15, 0.2) is 0 Å². The van der Waals surface area contributed by atoms with E-state index in [0.29, 0.717) is 0 Å². The van der Waals surface area contributed by atoms with Crippen LogP contribution in [0.5, 0.6) is 0 Å². The van der Waals surface area contributed by atoms with Crippen LogP contribution in [0.15, 0.2) is 59.7 Å². The lowest BCUT2D eigenvalue weighted by Gasteiger charge is -2.11. The highest BCUT2D eigenvalue weighted by atomic mass is 15.2. The van der Waals surface area contributed by atoms with Crippen molar-refractivity contribution < 1.29 is 4.70 Å². The van der Waals surface area contributed by atoms with Crippen LogP contribution < -0.4 is 0 Å². The van der Waals surface area contributed by atoms with E-state index in [1.807, 2.05) is 0 Å². The van der Waals surface area contributed by atoms with Gasteiger partial charge in [0.1, 0.15) is 0 Å². The Labute approximate surface area is 195 Å². The van der Waals surface area contributed by atoms with Crippen molar-refractivity contribution in [3.8, 4) is 0 Å². The van der Waals surface area contributed by atoms with Gasteiger partial charge in [-0.2, -0.15) is 0 Å². The van der Waals surface area contributed by atoms with E-state index in [0.717, 1.165) is 54.6 Å². The fraction of sp³-hybridized carbons (Fsp3) is 0.467. The third-order valence-corrected chi connectivity index (χ3v) is 6.61. The predicted octanol–water partition coefficient (Wildman–Crippen LogP) is 9.14. The van der Waals surface area contributed by atoms with Crippen LogP contribution in [-0.4, -0.2) is 4.70 Å². The van der Waals surface area contributed by atoms with E-state index in [1.54, 1.807) is 0 Å². The maximum atomic E-state index is 11.4. The number of hydrogen-bond acceptors (Lipinski definition) is 0. The predicted molar refractivity (Wildman–Crippen MR) is 137 cm³/mol. The Kier molecular flexibility index (Phi) is 9.02. The molecule has 2 aromatic carbocycles. The maximum Gasteiger partial charge on any atom is 0.211 e. The lowest BCUT2D eigenvalue weighted by atomic mass is 9.95. The minimum atomic E-state index is 0.935. The lowest BCUT2D eigenvalue weighted by Crippen LogP contribution is -2.03. The van der Waals surface area contributed by atoms with Gasteiger partial charge in [-0.15, -0.1) is 0 Å². The molecule has 0 aliphatic carbocycles. The van der Waals surface area contributed by atoms with Crippen LogP contribution in [0.3, 0.4) is 0 Å². The molecule has 0 saturated carbocycles. The Hall–Kier alpha value is -2.48. The molecule has 0 unspecified atom stereocenters. The summed E-state index contributed by atoms with van der Waals surface area (Å²) < 4.78 is 1.46. The fourth-order valence-electron chi connectivity index (χ4n) is 4.68. The van der Waals surface area contributed by atoms with Gasteiger partial charge in [-0.1, -0.05) is 70.7 Å². The third-order valence-electron chi connectivity index (χ3n) is 6.61. The summed E-state index contributed by atoms with van der Waals surface area (Å²) >= 11 is 0. The topological polar surface area (TPSA) is 25.3 Å². The van der Waals surface area contributed by atoms with E-state index in [1.165, 1.54) is 59.1 Å². The van der Waals surface area contributed by atoms with Crippen molar-refractivity contribution in [3.63, 3.8) is 0 Å². The van der Waals surface area contributed by atoms with E-state index in [9.17, 15) is 5.53 Å². The van der Waals surface area contributed by atoms with Crippen molar-refractivity contribution in [2.75, 3.05) is 0 Å². The van der Waals surface area contributed by atoms with Crippen LogP contribution in [0.25, 0.3) is 16.9 Å². The van der Waals surface area contributed by atoms with Gasteiger partial charge in [0.2, 0.25) is 11.4 Å². The van der Waals surface area contributed by atoms with Gasteiger partial charge >= 0.3 is 0 Å². The number of nitrogens with zero attached hydrogens (tertiary/aromatic N) is 2. The van der Waals surface area contributed by atoms with Crippen molar-refractivity contribution in [2.24, 2.45) is 0 Å². The van der Waals surface area contributed by atoms with E-state index in [4.69, 9.17) is 0 Å². The highest BCUT2D eigenvalue weighted by molar-refractivity contribution is 5.81. The number of benzene rings is 2. The smallest absolute Gasteiger partial charge is 0.211 e. The summed E-state index contributed by atoms with van der Waals surface area (Å²) in [6.07, 6.45) is 11.6. The second-order valence-electron chi connectivity index (χ2n) is 9.17. The number of hydrogen-bond donors (Lipinski definition) is 0. The summed E-state index contributed by atoms with van der Waals surface area (Å²) in [6, 6.07) is 17.6. The molecule has 0 saturated heterocycles. The van der Waals surface area contributed by atoms with Crippen LogP contribution in [-0.2, 0) is 12.8 Å². The molecule has 170 valence electrons. The monoisotopic (exact) mass is 428 g/mol. The Morgan fingerprint density at radius 2 is 1.31 bits per heavy atom. The first-order valence-corrected chi connectivity index (χ1v) is 12.7. The quantitative estimate of drug-likeness (QED) is 0.238. The molecule has 3 rings (SSSR count). The Morgan fingerprint density at radius 1 is 0.656 bits per heavy atom. The van der Waals surface area contributed by atoms with Crippen LogP contribution in [0.1, 0.15) is 101 Å². The minimum absolute atomic E-state index is 0.935. The molecule has 0 radical (unpaired) electrons. The van der Waals surface area contributed by atoms with Gasteiger partial charge in [0.05, 0.1) is 0 Å². The average molecular weight is 429 g/mol. The first kappa shape index (κ1) is 24.2. The molecule has 1 aliphatic rings. The highest BCUT2D eigenvalue weighted by Gasteiger charge is 2.33. The number of rotatable bonds is 12. The van der Waals surface area contributed by atoms with Crippen LogP contribution >= 0.6 is 0 Å². The van der Waals surface area contributed by atoms with Crippen molar-refractivity contribution in [1.29, 1.82) is 0 Å². The molecule has 1 heterocycles. The van der Waals surface area contributed by atoms with Crippen LogP contribution in [0.4, 0.5) is 0 Å². The summed E-state index contributed by atoms with van der Waals surface area (Å²) in [4.78, 5) is 0.